The van der Waals surface area contributed by atoms with Gasteiger partial charge in [-0.15, -0.1) is 0 Å². The van der Waals surface area contributed by atoms with E-state index in [0.717, 1.165) is 21.2 Å². The maximum absolute atomic E-state index is 13.9. The quantitative estimate of drug-likeness (QED) is 0.235. The topological polar surface area (TPSA) is 79.7 Å². The molecule has 3 aromatic carbocycles. The van der Waals surface area contributed by atoms with Crippen molar-refractivity contribution < 1.29 is 19.0 Å². The molecule has 0 fully saturated rings. The molecule has 1 aliphatic rings. The van der Waals surface area contributed by atoms with E-state index in [0.29, 0.717) is 27.8 Å². The van der Waals surface area contributed by atoms with Crippen molar-refractivity contribution in [3.63, 3.8) is 0 Å². The number of ether oxygens (including phenoxy) is 3. The van der Waals surface area contributed by atoms with E-state index < -0.39 is 5.97 Å². The summed E-state index contributed by atoms with van der Waals surface area (Å²) in [6.45, 7) is 0.333. The van der Waals surface area contributed by atoms with Gasteiger partial charge in [0.1, 0.15) is 12.3 Å². The number of esters is 1. The maximum atomic E-state index is 13.9. The number of aromatic nitrogens is 2. The first-order chi connectivity index (χ1) is 18.6. The molecule has 6 rings (SSSR count). The van der Waals surface area contributed by atoms with E-state index >= 15 is 0 Å². The molecule has 7 nitrogen and oxygen atoms in total. The molecule has 0 unspecified atom stereocenters. The van der Waals surface area contributed by atoms with Crippen LogP contribution in [-0.4, -0.2) is 22.3 Å². The van der Waals surface area contributed by atoms with E-state index in [-0.39, 0.29) is 31.2 Å². The molecule has 0 amide bonds. The lowest BCUT2D eigenvalue weighted by Crippen LogP contribution is -2.29. The van der Waals surface area contributed by atoms with E-state index in [1.807, 2.05) is 54.6 Å². The lowest BCUT2D eigenvalue weighted by Gasteiger charge is -2.20. The number of nitrogens with zero attached hydrogens (tertiary/aromatic N) is 2. The second-order valence-corrected chi connectivity index (χ2v) is 9.71. The van der Waals surface area contributed by atoms with Crippen LogP contribution >= 0.6 is 15.9 Å². The van der Waals surface area contributed by atoms with Gasteiger partial charge < -0.3 is 14.2 Å². The van der Waals surface area contributed by atoms with Crippen LogP contribution in [0.4, 0.5) is 0 Å². The van der Waals surface area contributed by atoms with Crippen molar-refractivity contribution in [1.82, 2.24) is 9.55 Å². The van der Waals surface area contributed by atoms with Crippen molar-refractivity contribution in [2.24, 2.45) is 0 Å². The van der Waals surface area contributed by atoms with Gasteiger partial charge in [0.25, 0.3) is 5.56 Å². The van der Waals surface area contributed by atoms with Gasteiger partial charge in [0.05, 0.1) is 6.54 Å². The van der Waals surface area contributed by atoms with Gasteiger partial charge in [-0.1, -0.05) is 52.3 Å². The van der Waals surface area contributed by atoms with E-state index in [4.69, 9.17) is 14.2 Å². The Balaban J connectivity index is 1.56. The standard InChI is InChI=1S/C30H21BrN2O5/c31-22-7-8-23-24(15-22)27(21-4-2-1-3-5-21)28(30(35)36-17-19-10-12-32-13-11-19)33(29(23)34)16-20-6-9-25-26(14-20)38-18-37-25/h1-15H,16-18H2. The number of halogens is 1. The summed E-state index contributed by atoms with van der Waals surface area (Å²) >= 11 is 3.53. The van der Waals surface area contributed by atoms with E-state index in [2.05, 4.69) is 20.9 Å². The van der Waals surface area contributed by atoms with Crippen LogP contribution in [0.1, 0.15) is 21.6 Å². The molecule has 0 saturated heterocycles. The van der Waals surface area contributed by atoms with Crippen molar-refractivity contribution in [3.8, 4) is 22.6 Å². The van der Waals surface area contributed by atoms with Gasteiger partial charge in [-0.2, -0.15) is 0 Å². The third kappa shape index (κ3) is 4.54. The fourth-order valence-corrected chi connectivity index (χ4v) is 4.96. The van der Waals surface area contributed by atoms with E-state index in [9.17, 15) is 9.59 Å². The Morgan fingerprint density at radius 3 is 2.50 bits per heavy atom. The Bertz CT molecular complexity index is 1720. The average Bonchev–Trinajstić information content (AvgIpc) is 3.42. The molecule has 0 atom stereocenters. The third-order valence-corrected chi connectivity index (χ3v) is 6.88. The molecular weight excluding hydrogens is 548 g/mol. The number of pyridine rings is 2. The smallest absolute Gasteiger partial charge is 0.356 e. The zero-order chi connectivity index (χ0) is 26.1. The number of carbonyl (C=O) groups is 1. The van der Waals surface area contributed by atoms with Crippen LogP contribution < -0.4 is 15.0 Å². The van der Waals surface area contributed by atoms with Gasteiger partial charge in [0, 0.05) is 27.8 Å². The van der Waals surface area contributed by atoms with Crippen molar-refractivity contribution >= 4 is 32.7 Å². The minimum absolute atomic E-state index is 0.0460. The highest BCUT2D eigenvalue weighted by atomic mass is 79.9. The monoisotopic (exact) mass is 568 g/mol. The van der Waals surface area contributed by atoms with Crippen LogP contribution in [0.5, 0.6) is 11.5 Å². The lowest BCUT2D eigenvalue weighted by molar-refractivity contribution is 0.0460. The number of fused-ring (bicyclic) bond motifs is 2. The Morgan fingerprint density at radius 1 is 0.895 bits per heavy atom. The van der Waals surface area contributed by atoms with Crippen molar-refractivity contribution in [2.45, 2.75) is 13.2 Å². The molecule has 8 heteroatoms. The fourth-order valence-electron chi connectivity index (χ4n) is 4.60. The molecule has 0 bridgehead atoms. The van der Waals surface area contributed by atoms with Crippen molar-refractivity contribution in [3.05, 3.63) is 123 Å². The molecule has 3 heterocycles. The van der Waals surface area contributed by atoms with Gasteiger partial charge >= 0.3 is 5.97 Å². The summed E-state index contributed by atoms with van der Waals surface area (Å²) in [5.41, 5.74) is 2.89. The van der Waals surface area contributed by atoms with Gasteiger partial charge in [0.2, 0.25) is 6.79 Å². The minimum atomic E-state index is -0.597. The van der Waals surface area contributed by atoms with Gasteiger partial charge in [-0.3, -0.25) is 14.3 Å². The summed E-state index contributed by atoms with van der Waals surface area (Å²) in [4.78, 5) is 31.8. The number of hydrogen-bond acceptors (Lipinski definition) is 6. The number of benzene rings is 3. The second kappa shape index (κ2) is 10.1. The molecule has 0 spiro atoms. The van der Waals surface area contributed by atoms with Crippen molar-refractivity contribution in [2.75, 3.05) is 6.79 Å². The minimum Gasteiger partial charge on any atom is -0.456 e. The second-order valence-electron chi connectivity index (χ2n) is 8.79. The molecule has 0 N–H and O–H groups in total. The molecule has 2 aromatic heterocycles. The summed E-state index contributed by atoms with van der Waals surface area (Å²) in [5, 5.41) is 1.16. The predicted molar refractivity (Wildman–Crippen MR) is 146 cm³/mol. The van der Waals surface area contributed by atoms with Crippen LogP contribution in [0.15, 0.2) is 101 Å². The van der Waals surface area contributed by atoms with Crippen LogP contribution in [0.3, 0.4) is 0 Å². The average molecular weight is 569 g/mol. The molecular formula is C30H21BrN2O5. The van der Waals surface area contributed by atoms with Crippen LogP contribution in [-0.2, 0) is 17.9 Å². The summed E-state index contributed by atoms with van der Waals surface area (Å²) in [6.07, 6.45) is 3.28. The summed E-state index contributed by atoms with van der Waals surface area (Å²) in [5.74, 6) is 0.650. The summed E-state index contributed by atoms with van der Waals surface area (Å²) in [6, 6.07) is 24.1. The van der Waals surface area contributed by atoms with Gasteiger partial charge in [-0.05, 0) is 64.5 Å². The number of hydrogen-bond donors (Lipinski definition) is 0. The SMILES string of the molecule is O=C(OCc1ccncc1)c1c(-c2ccccc2)c2cc(Br)ccc2c(=O)n1Cc1ccc2c(c1)OCO2. The fraction of sp³-hybridized carbons (Fsp3) is 0.100. The molecule has 1 aliphatic heterocycles. The van der Waals surface area contributed by atoms with Crippen molar-refractivity contribution in [1.29, 1.82) is 0 Å². The number of carbonyl (C=O) groups excluding carboxylic acids is 1. The summed E-state index contributed by atoms with van der Waals surface area (Å²) < 4.78 is 19.0. The van der Waals surface area contributed by atoms with Crippen LogP contribution in [0.2, 0.25) is 0 Å². The largest absolute Gasteiger partial charge is 0.456 e. The van der Waals surface area contributed by atoms with Gasteiger partial charge in [0.15, 0.2) is 11.5 Å². The Kier molecular flexibility index (Phi) is 6.39. The van der Waals surface area contributed by atoms with Crippen LogP contribution in [0.25, 0.3) is 21.9 Å². The van der Waals surface area contributed by atoms with Crippen LogP contribution in [0, 0.1) is 0 Å². The number of rotatable bonds is 6. The zero-order valence-corrected chi connectivity index (χ0v) is 21.7. The third-order valence-electron chi connectivity index (χ3n) is 6.39. The first-order valence-electron chi connectivity index (χ1n) is 11.9. The molecule has 0 aliphatic carbocycles. The Hall–Kier alpha value is -4.43. The highest BCUT2D eigenvalue weighted by Crippen LogP contribution is 2.35. The molecule has 0 saturated carbocycles. The normalized spacial score (nSPS) is 12.0. The molecule has 0 radical (unpaired) electrons. The maximum Gasteiger partial charge on any atom is 0.356 e. The highest BCUT2D eigenvalue weighted by Gasteiger charge is 2.25. The Morgan fingerprint density at radius 2 is 1.68 bits per heavy atom. The molecule has 5 aromatic rings. The first kappa shape index (κ1) is 23.9. The highest BCUT2D eigenvalue weighted by molar-refractivity contribution is 9.10. The lowest BCUT2D eigenvalue weighted by atomic mass is 9.96. The molecule has 38 heavy (non-hydrogen) atoms. The molecule has 188 valence electrons. The Labute approximate surface area is 226 Å². The van der Waals surface area contributed by atoms with Gasteiger partial charge in [-0.25, -0.2) is 4.79 Å². The first-order valence-corrected chi connectivity index (χ1v) is 12.7. The van der Waals surface area contributed by atoms with E-state index in [1.165, 1.54) is 4.57 Å². The van der Waals surface area contributed by atoms with E-state index in [1.54, 1.807) is 36.7 Å². The summed E-state index contributed by atoms with van der Waals surface area (Å²) in [7, 11) is 0. The predicted octanol–water partition coefficient (Wildman–Crippen LogP) is 5.96. The zero-order valence-electron chi connectivity index (χ0n) is 20.1.